The maximum atomic E-state index is 13.0. The standard InChI is InChI=1S/C18H18ClNOS/c19-17-11-10-16(22-17)18(21)20(13-8-9-13)15-7-3-5-12-4-1-2-6-14(12)15/h1-2,4,6,10-11,13,15H,3,5,7-9H2. The molecule has 4 heteroatoms. The number of rotatable bonds is 3. The van der Waals surface area contributed by atoms with Gasteiger partial charge in [-0.15, -0.1) is 11.3 Å². The van der Waals surface area contributed by atoms with Gasteiger partial charge in [0.2, 0.25) is 0 Å². The molecular formula is C18H18ClNOS. The molecule has 1 heterocycles. The highest BCUT2D eigenvalue weighted by Crippen LogP contribution is 2.42. The van der Waals surface area contributed by atoms with E-state index in [-0.39, 0.29) is 11.9 Å². The van der Waals surface area contributed by atoms with Crippen LogP contribution in [0.1, 0.15) is 52.5 Å². The fraction of sp³-hybridized carbons (Fsp3) is 0.389. The number of benzene rings is 1. The van der Waals surface area contributed by atoms with Crippen LogP contribution >= 0.6 is 22.9 Å². The van der Waals surface area contributed by atoms with Gasteiger partial charge in [0.05, 0.1) is 15.3 Å². The van der Waals surface area contributed by atoms with Gasteiger partial charge in [-0.2, -0.15) is 0 Å². The van der Waals surface area contributed by atoms with E-state index in [1.807, 2.05) is 12.1 Å². The lowest BCUT2D eigenvalue weighted by Gasteiger charge is -2.36. The first-order valence-electron chi connectivity index (χ1n) is 7.90. The van der Waals surface area contributed by atoms with Crippen molar-refractivity contribution in [3.63, 3.8) is 0 Å². The van der Waals surface area contributed by atoms with Gasteiger partial charge in [-0.3, -0.25) is 4.79 Å². The number of hydrogen-bond acceptors (Lipinski definition) is 2. The van der Waals surface area contributed by atoms with Crippen LogP contribution in [0.25, 0.3) is 0 Å². The third kappa shape index (κ3) is 2.57. The molecule has 2 nitrogen and oxygen atoms in total. The highest BCUT2D eigenvalue weighted by Gasteiger charge is 2.40. The predicted molar refractivity (Wildman–Crippen MR) is 90.6 cm³/mol. The van der Waals surface area contributed by atoms with Crippen molar-refractivity contribution in [1.29, 1.82) is 0 Å². The van der Waals surface area contributed by atoms with Crippen molar-refractivity contribution in [2.45, 2.75) is 44.2 Å². The molecule has 2 aliphatic rings. The van der Waals surface area contributed by atoms with Crippen LogP contribution in [0.5, 0.6) is 0 Å². The number of amides is 1. The zero-order chi connectivity index (χ0) is 15.1. The third-order valence-corrected chi connectivity index (χ3v) is 5.85. The van der Waals surface area contributed by atoms with Crippen LogP contribution in [-0.2, 0) is 6.42 Å². The van der Waals surface area contributed by atoms with E-state index in [9.17, 15) is 4.79 Å². The number of carbonyl (C=O) groups excluding carboxylic acids is 1. The van der Waals surface area contributed by atoms with Crippen LogP contribution in [0.3, 0.4) is 0 Å². The highest BCUT2D eigenvalue weighted by molar-refractivity contribution is 7.17. The van der Waals surface area contributed by atoms with Crippen molar-refractivity contribution in [2.75, 3.05) is 0 Å². The van der Waals surface area contributed by atoms with Crippen LogP contribution in [-0.4, -0.2) is 16.8 Å². The van der Waals surface area contributed by atoms with Gasteiger partial charge >= 0.3 is 0 Å². The molecule has 2 aliphatic carbocycles. The smallest absolute Gasteiger partial charge is 0.264 e. The van der Waals surface area contributed by atoms with Crippen LogP contribution < -0.4 is 0 Å². The monoisotopic (exact) mass is 331 g/mol. The summed E-state index contributed by atoms with van der Waals surface area (Å²) in [6.45, 7) is 0. The Labute approximate surface area is 139 Å². The SMILES string of the molecule is O=C(c1ccc(Cl)s1)N(C1CC1)C1CCCc2ccccc21. The lowest BCUT2D eigenvalue weighted by atomic mass is 9.86. The first-order chi connectivity index (χ1) is 10.7. The minimum Gasteiger partial charge on any atom is -0.328 e. The lowest BCUT2D eigenvalue weighted by molar-refractivity contribution is 0.0643. The largest absolute Gasteiger partial charge is 0.328 e. The summed E-state index contributed by atoms with van der Waals surface area (Å²) in [6.07, 6.45) is 5.61. The van der Waals surface area contributed by atoms with E-state index in [1.54, 1.807) is 0 Å². The van der Waals surface area contributed by atoms with Gasteiger partial charge in [-0.25, -0.2) is 0 Å². The Balaban J connectivity index is 1.70. The summed E-state index contributed by atoms with van der Waals surface area (Å²) in [5.74, 6) is 0.154. The van der Waals surface area contributed by atoms with Crippen molar-refractivity contribution < 1.29 is 4.79 Å². The fourth-order valence-corrected chi connectivity index (χ4v) is 4.48. The van der Waals surface area contributed by atoms with Gasteiger partial charge in [0.15, 0.2) is 0 Å². The van der Waals surface area contributed by atoms with E-state index < -0.39 is 0 Å². The second-order valence-electron chi connectivity index (χ2n) is 6.15. The summed E-state index contributed by atoms with van der Waals surface area (Å²) in [5, 5.41) is 0. The molecule has 22 heavy (non-hydrogen) atoms. The number of aryl methyl sites for hydroxylation is 1. The minimum absolute atomic E-state index is 0.154. The number of halogens is 1. The fourth-order valence-electron chi connectivity index (χ4n) is 3.49. The Morgan fingerprint density at radius 3 is 2.68 bits per heavy atom. The van der Waals surface area contributed by atoms with E-state index >= 15 is 0 Å². The molecule has 1 amide bonds. The third-order valence-electron chi connectivity index (χ3n) is 4.63. The van der Waals surface area contributed by atoms with Gasteiger partial charge in [0, 0.05) is 6.04 Å². The summed E-state index contributed by atoms with van der Waals surface area (Å²) in [7, 11) is 0. The van der Waals surface area contributed by atoms with E-state index in [1.165, 1.54) is 22.5 Å². The second-order valence-corrected chi connectivity index (χ2v) is 7.87. The average molecular weight is 332 g/mol. The van der Waals surface area contributed by atoms with Crippen LogP contribution in [0.15, 0.2) is 36.4 Å². The van der Waals surface area contributed by atoms with Gasteiger partial charge in [-0.05, 0) is 55.4 Å². The molecule has 1 aromatic carbocycles. The van der Waals surface area contributed by atoms with E-state index in [0.29, 0.717) is 10.4 Å². The van der Waals surface area contributed by atoms with E-state index in [0.717, 1.165) is 37.0 Å². The van der Waals surface area contributed by atoms with Crippen LogP contribution in [0.4, 0.5) is 0 Å². The minimum atomic E-state index is 0.154. The summed E-state index contributed by atoms with van der Waals surface area (Å²) in [6, 6.07) is 12.9. The quantitative estimate of drug-likeness (QED) is 0.767. The van der Waals surface area contributed by atoms with Crippen LogP contribution in [0.2, 0.25) is 4.34 Å². The first kappa shape index (κ1) is 14.3. The zero-order valence-electron chi connectivity index (χ0n) is 12.3. The Hall–Kier alpha value is -1.32. The molecule has 4 rings (SSSR count). The van der Waals surface area contributed by atoms with Gasteiger partial charge in [-0.1, -0.05) is 35.9 Å². The Morgan fingerprint density at radius 1 is 1.14 bits per heavy atom. The molecule has 0 radical (unpaired) electrons. The maximum absolute atomic E-state index is 13.0. The molecule has 0 aliphatic heterocycles. The van der Waals surface area contributed by atoms with E-state index in [4.69, 9.17) is 11.6 Å². The van der Waals surface area contributed by atoms with Crippen molar-refractivity contribution >= 4 is 28.8 Å². The summed E-state index contributed by atoms with van der Waals surface area (Å²) < 4.78 is 0.683. The first-order valence-corrected chi connectivity index (χ1v) is 9.09. The van der Waals surface area contributed by atoms with Crippen molar-refractivity contribution in [3.05, 3.63) is 56.7 Å². The molecule has 2 aromatic rings. The van der Waals surface area contributed by atoms with Crippen molar-refractivity contribution in [2.24, 2.45) is 0 Å². The van der Waals surface area contributed by atoms with Gasteiger partial charge in [0.25, 0.3) is 5.91 Å². The van der Waals surface area contributed by atoms with Crippen LogP contribution in [0, 0.1) is 0 Å². The lowest BCUT2D eigenvalue weighted by Crippen LogP contribution is -2.38. The normalized spacial score (nSPS) is 20.5. The number of thiophene rings is 1. The molecule has 0 saturated heterocycles. The molecule has 1 atom stereocenters. The number of nitrogens with zero attached hydrogens (tertiary/aromatic N) is 1. The molecule has 1 saturated carbocycles. The maximum Gasteiger partial charge on any atom is 0.264 e. The van der Waals surface area contributed by atoms with Gasteiger partial charge in [0.1, 0.15) is 0 Å². The number of hydrogen-bond donors (Lipinski definition) is 0. The van der Waals surface area contributed by atoms with Crippen molar-refractivity contribution in [3.8, 4) is 0 Å². The Morgan fingerprint density at radius 2 is 1.95 bits per heavy atom. The molecule has 1 aromatic heterocycles. The van der Waals surface area contributed by atoms with Gasteiger partial charge < -0.3 is 4.90 Å². The average Bonchev–Trinajstić information content (AvgIpc) is 3.28. The Kier molecular flexibility index (Phi) is 3.71. The summed E-state index contributed by atoms with van der Waals surface area (Å²) in [4.78, 5) is 15.9. The summed E-state index contributed by atoms with van der Waals surface area (Å²) in [5.41, 5.74) is 2.75. The number of fused-ring (bicyclic) bond motifs is 1. The second kappa shape index (κ2) is 5.71. The number of carbonyl (C=O) groups is 1. The molecule has 1 unspecified atom stereocenters. The predicted octanol–water partition coefficient (Wildman–Crippen LogP) is 5.08. The highest BCUT2D eigenvalue weighted by atomic mass is 35.5. The molecule has 1 fully saturated rings. The molecule has 114 valence electrons. The molecule has 0 spiro atoms. The molecule has 0 bridgehead atoms. The summed E-state index contributed by atoms with van der Waals surface area (Å²) >= 11 is 7.41. The topological polar surface area (TPSA) is 20.3 Å². The van der Waals surface area contributed by atoms with Crippen molar-refractivity contribution in [1.82, 2.24) is 4.90 Å². The molecular weight excluding hydrogens is 314 g/mol. The molecule has 0 N–H and O–H groups in total. The Bertz CT molecular complexity index is 707. The zero-order valence-corrected chi connectivity index (χ0v) is 13.9. The van der Waals surface area contributed by atoms with E-state index in [2.05, 4.69) is 29.2 Å².